The predicted molar refractivity (Wildman–Crippen MR) is 163 cm³/mol. The minimum Gasteiger partial charge on any atom is -0.457 e. The molecule has 0 spiro atoms. The lowest BCUT2D eigenvalue weighted by atomic mass is 9.81. The second kappa shape index (κ2) is 13.2. The molecule has 0 aromatic heterocycles. The van der Waals surface area contributed by atoms with E-state index in [1.165, 1.54) is 24.3 Å². The standard InChI is InChI=1S/C36H40FNO5/c1-3-24(4-2)23-36(42)14-16-38(17-15-36)34(40)20-25-18-28(22-31(19-25)43-30-11-9-29(37)10-12-30)35(41)27-8-13-32-26(21-27)6-5-7-33(32)39/h8-13,18-19,21-22,24,42H,3-7,14-17,20,23H2,1-2H3. The number of aryl methyl sites for hydroxylation is 1. The Hall–Kier alpha value is -3.84. The summed E-state index contributed by atoms with van der Waals surface area (Å²) >= 11 is 0. The third-order valence-corrected chi connectivity index (χ3v) is 9.02. The zero-order chi connectivity index (χ0) is 30.6. The van der Waals surface area contributed by atoms with E-state index in [1.54, 1.807) is 41.3 Å². The SMILES string of the molecule is CCC(CC)CC1(O)CCN(C(=O)Cc2cc(Oc3ccc(F)cc3)cc(C(=O)c3ccc4c(c3)CCCC4=O)c2)CC1. The van der Waals surface area contributed by atoms with Crippen LogP contribution < -0.4 is 4.74 Å². The molecule has 1 aliphatic carbocycles. The lowest BCUT2D eigenvalue weighted by Crippen LogP contribution is -2.47. The molecule has 1 aliphatic heterocycles. The first kappa shape index (κ1) is 30.6. The van der Waals surface area contributed by atoms with Crippen molar-refractivity contribution < 1.29 is 28.6 Å². The van der Waals surface area contributed by atoms with E-state index < -0.39 is 5.60 Å². The van der Waals surface area contributed by atoms with Crippen LogP contribution in [-0.4, -0.2) is 46.2 Å². The summed E-state index contributed by atoms with van der Waals surface area (Å²) in [5.41, 5.74) is 2.27. The molecule has 0 atom stereocenters. The molecule has 1 N–H and O–H groups in total. The maximum atomic E-state index is 13.7. The molecule has 5 rings (SSSR count). The number of Topliss-reactive ketones (excluding diaryl/α,β-unsaturated/α-hetero) is 1. The number of ether oxygens (including phenoxy) is 1. The van der Waals surface area contributed by atoms with Crippen LogP contribution in [0.3, 0.4) is 0 Å². The van der Waals surface area contributed by atoms with E-state index >= 15 is 0 Å². The average molecular weight is 586 g/mol. The second-order valence-corrected chi connectivity index (χ2v) is 12.1. The summed E-state index contributed by atoms with van der Waals surface area (Å²) in [6, 6.07) is 15.9. The molecule has 1 fully saturated rings. The van der Waals surface area contributed by atoms with Gasteiger partial charge >= 0.3 is 0 Å². The quantitative estimate of drug-likeness (QED) is 0.257. The third-order valence-electron chi connectivity index (χ3n) is 9.02. The van der Waals surface area contributed by atoms with Crippen LogP contribution >= 0.6 is 0 Å². The molecule has 1 amide bonds. The van der Waals surface area contributed by atoms with Gasteiger partial charge in [0.05, 0.1) is 12.0 Å². The van der Waals surface area contributed by atoms with Crippen molar-refractivity contribution in [3.8, 4) is 11.5 Å². The van der Waals surface area contributed by atoms with Crippen molar-refractivity contribution in [2.75, 3.05) is 13.1 Å². The minimum atomic E-state index is -0.741. The van der Waals surface area contributed by atoms with Crippen LogP contribution in [-0.2, 0) is 17.6 Å². The number of ketones is 2. The largest absolute Gasteiger partial charge is 0.457 e. The van der Waals surface area contributed by atoms with Gasteiger partial charge in [-0.3, -0.25) is 14.4 Å². The Kier molecular flexibility index (Phi) is 9.40. The molecule has 43 heavy (non-hydrogen) atoms. The highest BCUT2D eigenvalue weighted by Gasteiger charge is 2.35. The fraction of sp³-hybridized carbons (Fsp3) is 0.417. The van der Waals surface area contributed by atoms with Crippen LogP contribution in [0.5, 0.6) is 11.5 Å². The zero-order valence-electron chi connectivity index (χ0n) is 25.0. The van der Waals surface area contributed by atoms with E-state index in [4.69, 9.17) is 4.74 Å². The first-order valence-corrected chi connectivity index (χ1v) is 15.4. The summed E-state index contributed by atoms with van der Waals surface area (Å²) in [6.07, 6.45) is 6.03. The lowest BCUT2D eigenvalue weighted by Gasteiger charge is -2.40. The van der Waals surface area contributed by atoms with E-state index in [9.17, 15) is 23.9 Å². The van der Waals surface area contributed by atoms with Crippen LogP contribution in [0.1, 0.15) is 96.2 Å². The molecule has 2 aliphatic rings. The van der Waals surface area contributed by atoms with Crippen LogP contribution in [0.25, 0.3) is 0 Å². The van der Waals surface area contributed by atoms with Gasteiger partial charge in [0.25, 0.3) is 0 Å². The number of rotatable bonds is 10. The predicted octanol–water partition coefficient (Wildman–Crippen LogP) is 7.09. The molecule has 1 heterocycles. The van der Waals surface area contributed by atoms with E-state index in [2.05, 4.69) is 13.8 Å². The number of aliphatic hydroxyl groups is 1. The van der Waals surface area contributed by atoms with E-state index in [-0.39, 0.29) is 29.7 Å². The Morgan fingerprint density at radius 1 is 0.930 bits per heavy atom. The number of fused-ring (bicyclic) bond motifs is 1. The van der Waals surface area contributed by atoms with Crippen LogP contribution in [0, 0.1) is 11.7 Å². The second-order valence-electron chi connectivity index (χ2n) is 12.1. The normalized spacial score (nSPS) is 16.2. The van der Waals surface area contributed by atoms with Crippen molar-refractivity contribution in [1.29, 1.82) is 0 Å². The number of carbonyl (C=O) groups is 3. The van der Waals surface area contributed by atoms with Gasteiger partial charge < -0.3 is 14.7 Å². The van der Waals surface area contributed by atoms with E-state index in [1.807, 2.05) is 0 Å². The van der Waals surface area contributed by atoms with Crippen molar-refractivity contribution in [3.05, 3.63) is 94.3 Å². The number of benzene rings is 3. The average Bonchev–Trinajstić information content (AvgIpc) is 3.01. The fourth-order valence-electron chi connectivity index (χ4n) is 6.32. The fourth-order valence-corrected chi connectivity index (χ4v) is 6.32. The van der Waals surface area contributed by atoms with Gasteiger partial charge in [0.2, 0.25) is 5.91 Å². The van der Waals surface area contributed by atoms with Gasteiger partial charge in [-0.25, -0.2) is 4.39 Å². The van der Waals surface area contributed by atoms with Gasteiger partial charge in [-0.1, -0.05) is 38.8 Å². The Bertz CT molecular complexity index is 1490. The number of piperidine rings is 1. The third kappa shape index (κ3) is 7.39. The molecule has 226 valence electrons. The van der Waals surface area contributed by atoms with Gasteiger partial charge in [0.15, 0.2) is 11.6 Å². The highest BCUT2D eigenvalue weighted by Crippen LogP contribution is 2.32. The van der Waals surface area contributed by atoms with Crippen molar-refractivity contribution >= 4 is 17.5 Å². The number of carbonyl (C=O) groups excluding carboxylic acids is 3. The van der Waals surface area contributed by atoms with E-state index in [0.717, 1.165) is 37.7 Å². The first-order valence-electron chi connectivity index (χ1n) is 15.4. The molecule has 0 radical (unpaired) electrons. The highest BCUT2D eigenvalue weighted by molar-refractivity contribution is 6.10. The van der Waals surface area contributed by atoms with Gasteiger partial charge in [0, 0.05) is 36.2 Å². The molecule has 6 nitrogen and oxygen atoms in total. The molecule has 3 aromatic rings. The highest BCUT2D eigenvalue weighted by atomic mass is 19.1. The summed E-state index contributed by atoms with van der Waals surface area (Å²) < 4.78 is 19.5. The number of hydrogen-bond acceptors (Lipinski definition) is 5. The zero-order valence-corrected chi connectivity index (χ0v) is 25.0. The van der Waals surface area contributed by atoms with Crippen LogP contribution in [0.15, 0.2) is 60.7 Å². The monoisotopic (exact) mass is 585 g/mol. The number of hydrogen-bond donors (Lipinski definition) is 1. The van der Waals surface area contributed by atoms with Gasteiger partial charge in [-0.2, -0.15) is 0 Å². The summed E-state index contributed by atoms with van der Waals surface area (Å²) in [4.78, 5) is 41.2. The van der Waals surface area contributed by atoms with Crippen molar-refractivity contribution in [2.45, 2.75) is 77.2 Å². The molecule has 1 saturated heterocycles. The van der Waals surface area contributed by atoms with Crippen LogP contribution in [0.4, 0.5) is 4.39 Å². The lowest BCUT2D eigenvalue weighted by molar-refractivity contribution is -0.135. The van der Waals surface area contributed by atoms with Gasteiger partial charge in [-0.15, -0.1) is 0 Å². The molecular formula is C36H40FNO5. The molecule has 3 aromatic carbocycles. The maximum Gasteiger partial charge on any atom is 0.226 e. The van der Waals surface area contributed by atoms with Crippen molar-refractivity contribution in [2.24, 2.45) is 5.92 Å². The summed E-state index contributed by atoms with van der Waals surface area (Å²) in [6.45, 7) is 5.27. The topological polar surface area (TPSA) is 83.9 Å². The Morgan fingerprint density at radius 2 is 1.65 bits per heavy atom. The van der Waals surface area contributed by atoms with Gasteiger partial charge in [0.1, 0.15) is 17.3 Å². The minimum absolute atomic E-state index is 0.0740. The number of nitrogens with zero attached hydrogens (tertiary/aromatic N) is 1. The van der Waals surface area contributed by atoms with Crippen molar-refractivity contribution in [1.82, 2.24) is 4.90 Å². The molecule has 0 bridgehead atoms. The number of likely N-dealkylation sites (tertiary alicyclic amines) is 1. The van der Waals surface area contributed by atoms with Crippen molar-refractivity contribution in [3.63, 3.8) is 0 Å². The summed E-state index contributed by atoms with van der Waals surface area (Å²) in [7, 11) is 0. The summed E-state index contributed by atoms with van der Waals surface area (Å²) in [5, 5.41) is 11.1. The Balaban J connectivity index is 1.36. The van der Waals surface area contributed by atoms with Gasteiger partial charge in [-0.05, 0) is 97.7 Å². The molecule has 7 heteroatoms. The number of halogens is 1. The smallest absolute Gasteiger partial charge is 0.226 e. The number of amides is 1. The Labute approximate surface area is 252 Å². The Morgan fingerprint density at radius 3 is 2.35 bits per heavy atom. The first-order chi connectivity index (χ1) is 20.7. The molecule has 0 unspecified atom stereocenters. The van der Waals surface area contributed by atoms with E-state index in [0.29, 0.717) is 72.0 Å². The maximum absolute atomic E-state index is 13.7. The molecular weight excluding hydrogens is 545 g/mol. The van der Waals surface area contributed by atoms with Crippen LogP contribution in [0.2, 0.25) is 0 Å². The summed E-state index contributed by atoms with van der Waals surface area (Å²) in [5.74, 6) is 0.652. The molecule has 0 saturated carbocycles.